The van der Waals surface area contributed by atoms with Gasteiger partial charge in [0.2, 0.25) is 0 Å². The van der Waals surface area contributed by atoms with Crippen LogP contribution in [0.25, 0.3) is 0 Å². The molecule has 1 heterocycles. The fourth-order valence-corrected chi connectivity index (χ4v) is 1.93. The molecule has 2 aromatic rings. The smallest absolute Gasteiger partial charge is 0.269 e. The normalized spacial score (nSPS) is 10.3. The summed E-state index contributed by atoms with van der Waals surface area (Å²) < 4.78 is 6.09. The highest BCUT2D eigenvalue weighted by molar-refractivity contribution is 9.10. The van der Waals surface area contributed by atoms with Crippen LogP contribution in [0, 0.1) is 10.1 Å². The van der Waals surface area contributed by atoms with Crippen molar-refractivity contribution in [2.45, 2.75) is 6.54 Å². The van der Waals surface area contributed by atoms with Gasteiger partial charge >= 0.3 is 0 Å². The van der Waals surface area contributed by atoms with Gasteiger partial charge in [0, 0.05) is 24.9 Å². The Hall–Kier alpha value is -1.82. The van der Waals surface area contributed by atoms with E-state index in [1.165, 1.54) is 12.1 Å². The van der Waals surface area contributed by atoms with Crippen LogP contribution in [0.4, 0.5) is 11.4 Å². The van der Waals surface area contributed by atoms with Crippen LogP contribution in [0.3, 0.4) is 0 Å². The molecule has 0 atom stereocenters. The summed E-state index contributed by atoms with van der Waals surface area (Å²) in [6.45, 7) is 0.601. The fraction of sp³-hybridized carbons (Fsp3) is 0.167. The Bertz CT molecular complexity index is 551. The summed E-state index contributed by atoms with van der Waals surface area (Å²) in [5, 5.41) is 10.5. The van der Waals surface area contributed by atoms with Gasteiger partial charge in [0.15, 0.2) is 4.67 Å². The first-order valence-corrected chi connectivity index (χ1v) is 6.05. The molecular weight excluding hydrogens is 300 g/mol. The number of furan rings is 1. The molecule has 0 N–H and O–H groups in total. The second kappa shape index (κ2) is 5.22. The van der Waals surface area contributed by atoms with Gasteiger partial charge in [-0.3, -0.25) is 10.1 Å². The molecule has 0 unspecified atom stereocenters. The van der Waals surface area contributed by atoms with Crippen LogP contribution in [0.1, 0.15) is 5.76 Å². The molecule has 0 bridgehead atoms. The molecule has 2 rings (SSSR count). The van der Waals surface area contributed by atoms with Crippen LogP contribution in [0.2, 0.25) is 0 Å². The van der Waals surface area contributed by atoms with Crippen LogP contribution >= 0.6 is 15.9 Å². The summed E-state index contributed by atoms with van der Waals surface area (Å²) >= 11 is 3.24. The number of halogens is 1. The first kappa shape index (κ1) is 12.6. The maximum Gasteiger partial charge on any atom is 0.269 e. The Morgan fingerprint density at radius 3 is 2.44 bits per heavy atom. The molecule has 0 amide bonds. The summed E-state index contributed by atoms with van der Waals surface area (Å²) in [6.07, 6.45) is 0. The fourth-order valence-electron chi connectivity index (χ4n) is 1.59. The molecule has 0 aliphatic heterocycles. The number of benzene rings is 1. The van der Waals surface area contributed by atoms with Gasteiger partial charge in [-0.15, -0.1) is 0 Å². The monoisotopic (exact) mass is 310 g/mol. The lowest BCUT2D eigenvalue weighted by molar-refractivity contribution is -0.384. The SMILES string of the molecule is CN(Cc1ccc(Br)o1)c1ccc([N+](=O)[O-])cc1. The van der Waals surface area contributed by atoms with E-state index >= 15 is 0 Å². The molecule has 0 spiro atoms. The third-order valence-corrected chi connectivity index (χ3v) is 2.95. The Morgan fingerprint density at radius 2 is 1.94 bits per heavy atom. The zero-order valence-corrected chi connectivity index (χ0v) is 11.3. The van der Waals surface area contributed by atoms with E-state index in [1.807, 2.05) is 24.1 Å². The minimum Gasteiger partial charge on any atom is -0.452 e. The summed E-state index contributed by atoms with van der Waals surface area (Å²) in [7, 11) is 1.90. The zero-order valence-electron chi connectivity index (χ0n) is 9.67. The summed E-state index contributed by atoms with van der Waals surface area (Å²) in [5.74, 6) is 0.822. The van der Waals surface area contributed by atoms with E-state index in [-0.39, 0.29) is 5.69 Å². The van der Waals surface area contributed by atoms with Crippen molar-refractivity contribution >= 4 is 27.3 Å². The number of nitro benzene ring substituents is 1. The van der Waals surface area contributed by atoms with Crippen LogP contribution in [-0.2, 0) is 6.54 Å². The highest BCUT2D eigenvalue weighted by Crippen LogP contribution is 2.21. The summed E-state index contributed by atoms with van der Waals surface area (Å²) in [5.41, 5.74) is 0.987. The molecule has 0 radical (unpaired) electrons. The van der Waals surface area contributed by atoms with Crippen molar-refractivity contribution in [3.63, 3.8) is 0 Å². The number of hydrogen-bond donors (Lipinski definition) is 0. The minimum absolute atomic E-state index is 0.0906. The topological polar surface area (TPSA) is 59.5 Å². The first-order chi connectivity index (χ1) is 8.56. The van der Waals surface area contributed by atoms with E-state index in [9.17, 15) is 10.1 Å². The van der Waals surface area contributed by atoms with Gasteiger partial charge in [-0.2, -0.15) is 0 Å². The molecule has 5 nitrogen and oxygen atoms in total. The number of nitrogens with zero attached hydrogens (tertiary/aromatic N) is 2. The Morgan fingerprint density at radius 1 is 1.28 bits per heavy atom. The van der Waals surface area contributed by atoms with Gasteiger partial charge in [0.25, 0.3) is 5.69 Å². The predicted octanol–water partition coefficient (Wildman–Crippen LogP) is 3.59. The lowest BCUT2D eigenvalue weighted by atomic mass is 10.2. The largest absolute Gasteiger partial charge is 0.452 e. The van der Waals surface area contributed by atoms with Crippen LogP contribution in [0.5, 0.6) is 0 Å². The van der Waals surface area contributed by atoms with E-state index in [2.05, 4.69) is 15.9 Å². The molecular formula is C12H11BrN2O3. The van der Waals surface area contributed by atoms with Crippen LogP contribution < -0.4 is 4.90 Å². The lowest BCUT2D eigenvalue weighted by Gasteiger charge is -2.17. The van der Waals surface area contributed by atoms with E-state index in [4.69, 9.17) is 4.42 Å². The van der Waals surface area contributed by atoms with Crippen molar-refractivity contribution < 1.29 is 9.34 Å². The highest BCUT2D eigenvalue weighted by Gasteiger charge is 2.08. The third kappa shape index (κ3) is 2.89. The van der Waals surface area contributed by atoms with Crippen molar-refractivity contribution in [1.29, 1.82) is 0 Å². The molecule has 94 valence electrons. The second-order valence-electron chi connectivity index (χ2n) is 3.84. The molecule has 0 fully saturated rings. The number of nitro groups is 1. The average Bonchev–Trinajstić information content (AvgIpc) is 2.75. The number of non-ortho nitro benzene ring substituents is 1. The van der Waals surface area contributed by atoms with Crippen LogP contribution in [0.15, 0.2) is 45.5 Å². The second-order valence-corrected chi connectivity index (χ2v) is 4.62. The van der Waals surface area contributed by atoms with Crippen molar-refractivity contribution in [3.05, 3.63) is 56.9 Å². The van der Waals surface area contributed by atoms with Gasteiger partial charge in [-0.1, -0.05) is 0 Å². The molecule has 1 aromatic carbocycles. The number of anilines is 1. The van der Waals surface area contributed by atoms with Gasteiger partial charge in [0.05, 0.1) is 11.5 Å². The molecule has 1 aromatic heterocycles. The Labute approximate surface area is 112 Å². The van der Waals surface area contributed by atoms with Gasteiger partial charge < -0.3 is 9.32 Å². The Balaban J connectivity index is 2.09. The van der Waals surface area contributed by atoms with Gasteiger partial charge in [0.1, 0.15) is 5.76 Å². The zero-order chi connectivity index (χ0) is 13.1. The molecule has 0 aliphatic carbocycles. The molecule has 0 saturated heterocycles. The summed E-state index contributed by atoms with van der Waals surface area (Å²) in [4.78, 5) is 12.1. The number of hydrogen-bond acceptors (Lipinski definition) is 4. The van der Waals surface area contributed by atoms with E-state index in [1.54, 1.807) is 12.1 Å². The Kier molecular flexibility index (Phi) is 3.66. The molecule has 6 heteroatoms. The predicted molar refractivity (Wildman–Crippen MR) is 71.6 cm³/mol. The standard InChI is InChI=1S/C12H11BrN2O3/c1-14(8-11-6-7-12(13)18-11)9-2-4-10(5-3-9)15(16)17/h2-7H,8H2,1H3. The quantitative estimate of drug-likeness (QED) is 0.639. The third-order valence-electron chi connectivity index (χ3n) is 2.52. The average molecular weight is 311 g/mol. The van der Waals surface area contributed by atoms with Crippen LogP contribution in [-0.4, -0.2) is 12.0 Å². The highest BCUT2D eigenvalue weighted by atomic mass is 79.9. The molecule has 0 aliphatic rings. The van der Waals surface area contributed by atoms with E-state index in [0.29, 0.717) is 11.2 Å². The van der Waals surface area contributed by atoms with Crippen molar-refractivity contribution in [1.82, 2.24) is 0 Å². The van der Waals surface area contributed by atoms with Crippen molar-refractivity contribution in [2.75, 3.05) is 11.9 Å². The molecule has 0 saturated carbocycles. The minimum atomic E-state index is -0.409. The maximum absolute atomic E-state index is 10.5. The van der Waals surface area contributed by atoms with E-state index < -0.39 is 4.92 Å². The summed E-state index contributed by atoms with van der Waals surface area (Å²) in [6, 6.07) is 10.1. The van der Waals surface area contributed by atoms with Gasteiger partial charge in [-0.05, 0) is 40.2 Å². The maximum atomic E-state index is 10.5. The molecule has 18 heavy (non-hydrogen) atoms. The lowest BCUT2D eigenvalue weighted by Crippen LogP contribution is -2.15. The van der Waals surface area contributed by atoms with E-state index in [0.717, 1.165) is 11.4 Å². The number of rotatable bonds is 4. The van der Waals surface area contributed by atoms with Gasteiger partial charge in [-0.25, -0.2) is 0 Å². The first-order valence-electron chi connectivity index (χ1n) is 5.26. The van der Waals surface area contributed by atoms with Crippen molar-refractivity contribution in [2.24, 2.45) is 0 Å². The van der Waals surface area contributed by atoms with Crippen molar-refractivity contribution in [3.8, 4) is 0 Å².